The second kappa shape index (κ2) is 5.03. The lowest BCUT2D eigenvalue weighted by atomic mass is 10.1. The first-order chi connectivity index (χ1) is 6.65. The summed E-state index contributed by atoms with van der Waals surface area (Å²) in [5.41, 5.74) is 6.71. The van der Waals surface area contributed by atoms with Gasteiger partial charge in [0.25, 0.3) is 0 Å². The minimum absolute atomic E-state index is 0.0893. The third-order valence-corrected chi connectivity index (χ3v) is 2.05. The number of benzene rings is 1. The van der Waals surface area contributed by atoms with E-state index in [0.717, 1.165) is 11.3 Å². The van der Waals surface area contributed by atoms with Gasteiger partial charge in [-0.15, -0.1) is 0 Å². The van der Waals surface area contributed by atoms with Crippen LogP contribution in [0.15, 0.2) is 30.9 Å². The molecule has 2 N–H and O–H groups in total. The molecule has 0 aliphatic rings. The maximum Gasteiger partial charge on any atom is 0.124 e. The SMILES string of the molecule is C=CCOc1ccc(Cl)cc1C(C)N. The summed E-state index contributed by atoms with van der Waals surface area (Å²) < 4.78 is 5.45. The molecule has 0 fully saturated rings. The normalized spacial score (nSPS) is 12.2. The summed E-state index contributed by atoms with van der Waals surface area (Å²) in [6, 6.07) is 5.34. The standard InChI is InChI=1S/C11H14ClNO/c1-3-6-14-11-5-4-9(12)7-10(11)8(2)13/h3-5,7-8H,1,6,13H2,2H3. The van der Waals surface area contributed by atoms with E-state index in [1.54, 1.807) is 12.1 Å². The van der Waals surface area contributed by atoms with Crippen molar-refractivity contribution in [2.24, 2.45) is 5.73 Å². The molecule has 0 saturated carbocycles. The number of halogens is 1. The number of ether oxygens (including phenoxy) is 1. The molecule has 76 valence electrons. The van der Waals surface area contributed by atoms with E-state index in [1.807, 2.05) is 19.1 Å². The monoisotopic (exact) mass is 211 g/mol. The van der Waals surface area contributed by atoms with E-state index in [-0.39, 0.29) is 6.04 Å². The van der Waals surface area contributed by atoms with E-state index in [1.165, 1.54) is 0 Å². The van der Waals surface area contributed by atoms with Crippen molar-refractivity contribution in [3.63, 3.8) is 0 Å². The molecule has 2 nitrogen and oxygen atoms in total. The van der Waals surface area contributed by atoms with Crippen molar-refractivity contribution < 1.29 is 4.74 Å². The van der Waals surface area contributed by atoms with Gasteiger partial charge in [0.1, 0.15) is 12.4 Å². The van der Waals surface area contributed by atoms with Gasteiger partial charge in [-0.25, -0.2) is 0 Å². The van der Waals surface area contributed by atoms with Gasteiger partial charge < -0.3 is 10.5 Å². The summed E-state index contributed by atoms with van der Waals surface area (Å²) >= 11 is 5.86. The quantitative estimate of drug-likeness (QED) is 0.778. The molecule has 14 heavy (non-hydrogen) atoms. The highest BCUT2D eigenvalue weighted by molar-refractivity contribution is 6.30. The Balaban J connectivity index is 2.95. The Labute approximate surface area is 89.3 Å². The molecular weight excluding hydrogens is 198 g/mol. The first-order valence-electron chi connectivity index (χ1n) is 4.44. The van der Waals surface area contributed by atoms with E-state index in [9.17, 15) is 0 Å². The van der Waals surface area contributed by atoms with E-state index in [2.05, 4.69) is 6.58 Å². The van der Waals surface area contributed by atoms with Crippen molar-refractivity contribution >= 4 is 11.6 Å². The van der Waals surface area contributed by atoms with Gasteiger partial charge in [-0.05, 0) is 25.1 Å². The molecule has 0 amide bonds. The van der Waals surface area contributed by atoms with E-state index >= 15 is 0 Å². The highest BCUT2D eigenvalue weighted by Gasteiger charge is 2.08. The van der Waals surface area contributed by atoms with Gasteiger partial charge in [-0.1, -0.05) is 24.3 Å². The van der Waals surface area contributed by atoms with Crippen molar-refractivity contribution in [1.29, 1.82) is 0 Å². The highest BCUT2D eigenvalue weighted by Crippen LogP contribution is 2.27. The van der Waals surface area contributed by atoms with E-state index < -0.39 is 0 Å². The Morgan fingerprint density at radius 3 is 2.93 bits per heavy atom. The fraction of sp³-hybridized carbons (Fsp3) is 0.273. The molecule has 0 bridgehead atoms. The van der Waals surface area contributed by atoms with Crippen molar-refractivity contribution in [1.82, 2.24) is 0 Å². The third-order valence-electron chi connectivity index (χ3n) is 1.82. The molecule has 0 heterocycles. The van der Waals surface area contributed by atoms with Gasteiger partial charge in [0, 0.05) is 16.6 Å². The molecule has 1 atom stereocenters. The second-order valence-electron chi connectivity index (χ2n) is 3.07. The Morgan fingerprint density at radius 1 is 1.64 bits per heavy atom. The Morgan fingerprint density at radius 2 is 2.36 bits per heavy atom. The van der Waals surface area contributed by atoms with Crippen LogP contribution in [0, 0.1) is 0 Å². The smallest absolute Gasteiger partial charge is 0.124 e. The molecule has 1 aromatic carbocycles. The molecule has 0 aliphatic carbocycles. The lowest BCUT2D eigenvalue weighted by molar-refractivity contribution is 0.357. The maximum absolute atomic E-state index is 5.86. The number of rotatable bonds is 4. The summed E-state index contributed by atoms with van der Waals surface area (Å²) in [7, 11) is 0. The van der Waals surface area contributed by atoms with Crippen molar-refractivity contribution in [2.75, 3.05) is 6.61 Å². The van der Waals surface area contributed by atoms with Crippen LogP contribution in [-0.4, -0.2) is 6.61 Å². The van der Waals surface area contributed by atoms with Gasteiger partial charge in [-0.3, -0.25) is 0 Å². The van der Waals surface area contributed by atoms with Gasteiger partial charge in [-0.2, -0.15) is 0 Å². The van der Waals surface area contributed by atoms with Crippen molar-refractivity contribution in [2.45, 2.75) is 13.0 Å². The molecule has 0 spiro atoms. The van der Waals surface area contributed by atoms with Crippen LogP contribution >= 0.6 is 11.6 Å². The molecule has 3 heteroatoms. The van der Waals surface area contributed by atoms with Gasteiger partial charge in [0.15, 0.2) is 0 Å². The molecule has 1 aromatic rings. The van der Waals surface area contributed by atoms with Gasteiger partial charge in [0.2, 0.25) is 0 Å². The lowest BCUT2D eigenvalue weighted by Gasteiger charge is -2.13. The Hall–Kier alpha value is -0.990. The summed E-state index contributed by atoms with van der Waals surface area (Å²) in [6.45, 7) is 5.95. The largest absolute Gasteiger partial charge is 0.489 e. The zero-order valence-corrected chi connectivity index (χ0v) is 8.92. The van der Waals surface area contributed by atoms with Crippen LogP contribution in [0.1, 0.15) is 18.5 Å². The van der Waals surface area contributed by atoms with Crippen LogP contribution in [0.3, 0.4) is 0 Å². The molecular formula is C11H14ClNO. The van der Waals surface area contributed by atoms with Crippen LogP contribution in [0.4, 0.5) is 0 Å². The first-order valence-corrected chi connectivity index (χ1v) is 4.81. The number of hydrogen-bond acceptors (Lipinski definition) is 2. The van der Waals surface area contributed by atoms with Crippen LogP contribution in [-0.2, 0) is 0 Å². The summed E-state index contributed by atoms with van der Waals surface area (Å²) in [4.78, 5) is 0. The maximum atomic E-state index is 5.86. The zero-order chi connectivity index (χ0) is 10.6. The molecule has 1 unspecified atom stereocenters. The second-order valence-corrected chi connectivity index (χ2v) is 3.51. The van der Waals surface area contributed by atoms with E-state index in [4.69, 9.17) is 22.1 Å². The summed E-state index contributed by atoms with van der Waals surface area (Å²) in [5, 5.41) is 0.670. The van der Waals surface area contributed by atoms with Crippen LogP contribution in [0.5, 0.6) is 5.75 Å². The molecule has 0 aliphatic heterocycles. The molecule has 1 rings (SSSR count). The molecule has 0 saturated heterocycles. The third kappa shape index (κ3) is 2.76. The fourth-order valence-corrected chi connectivity index (χ4v) is 1.34. The van der Waals surface area contributed by atoms with Crippen LogP contribution in [0.2, 0.25) is 5.02 Å². The Kier molecular flexibility index (Phi) is 3.98. The predicted octanol–water partition coefficient (Wildman–Crippen LogP) is 2.92. The average molecular weight is 212 g/mol. The first kappa shape index (κ1) is 11.1. The van der Waals surface area contributed by atoms with Gasteiger partial charge in [0.05, 0.1) is 0 Å². The van der Waals surface area contributed by atoms with Gasteiger partial charge >= 0.3 is 0 Å². The molecule has 0 aromatic heterocycles. The topological polar surface area (TPSA) is 35.2 Å². The number of hydrogen-bond donors (Lipinski definition) is 1. The minimum Gasteiger partial charge on any atom is -0.489 e. The minimum atomic E-state index is -0.0893. The zero-order valence-electron chi connectivity index (χ0n) is 8.16. The van der Waals surface area contributed by atoms with E-state index in [0.29, 0.717) is 11.6 Å². The summed E-state index contributed by atoms with van der Waals surface area (Å²) in [5.74, 6) is 0.768. The predicted molar refractivity (Wildman–Crippen MR) is 59.7 cm³/mol. The van der Waals surface area contributed by atoms with Crippen LogP contribution < -0.4 is 10.5 Å². The summed E-state index contributed by atoms with van der Waals surface area (Å²) in [6.07, 6.45) is 1.69. The lowest BCUT2D eigenvalue weighted by Crippen LogP contribution is -2.08. The van der Waals surface area contributed by atoms with Crippen molar-refractivity contribution in [3.05, 3.63) is 41.4 Å². The Bertz CT molecular complexity index is 323. The molecule has 0 radical (unpaired) electrons. The van der Waals surface area contributed by atoms with Crippen molar-refractivity contribution in [3.8, 4) is 5.75 Å². The highest BCUT2D eigenvalue weighted by atomic mass is 35.5. The number of nitrogens with two attached hydrogens (primary N) is 1. The van der Waals surface area contributed by atoms with Crippen LogP contribution in [0.25, 0.3) is 0 Å². The average Bonchev–Trinajstić information content (AvgIpc) is 2.15. The fourth-order valence-electron chi connectivity index (χ4n) is 1.16.